The van der Waals surface area contributed by atoms with E-state index in [-0.39, 0.29) is 0 Å². The second-order valence-corrected chi connectivity index (χ2v) is 8.19. The molecule has 0 nitrogen and oxygen atoms in total. The smallest absolute Gasteiger partial charge is 0.00990 e. The van der Waals surface area contributed by atoms with E-state index in [1.165, 1.54) is 55.6 Å². The molecule has 0 bridgehead atoms. The van der Waals surface area contributed by atoms with E-state index in [0.717, 1.165) is 6.42 Å². The van der Waals surface area contributed by atoms with Gasteiger partial charge in [-0.1, -0.05) is 79.7 Å². The standard InChI is InChI=1S/C29H26/c1-4-23-25-11-7-8-12-26(25)29-18-22(15-16-27(23)29)21-14-13-20(3)28(17-21)24-10-6-5-9-19(24)2/h5-18,23H,4H2,1-3H3. The molecule has 0 heterocycles. The fourth-order valence-corrected chi connectivity index (χ4v) is 4.89. The molecule has 0 saturated heterocycles. The lowest BCUT2D eigenvalue weighted by molar-refractivity contribution is 0.797. The lowest BCUT2D eigenvalue weighted by atomic mass is 9.91. The Balaban J connectivity index is 1.65. The van der Waals surface area contributed by atoms with Crippen LogP contribution in [0.5, 0.6) is 0 Å². The predicted octanol–water partition coefficient (Wildman–Crippen LogP) is 8.16. The summed E-state index contributed by atoms with van der Waals surface area (Å²) in [5.74, 6) is 0.524. The second kappa shape index (κ2) is 7.04. The second-order valence-electron chi connectivity index (χ2n) is 8.19. The molecule has 5 rings (SSSR count). The average molecular weight is 375 g/mol. The van der Waals surface area contributed by atoms with Crippen molar-refractivity contribution in [2.45, 2.75) is 33.1 Å². The highest BCUT2D eigenvalue weighted by molar-refractivity contribution is 5.84. The van der Waals surface area contributed by atoms with E-state index < -0.39 is 0 Å². The molecule has 0 aliphatic heterocycles. The third kappa shape index (κ3) is 2.91. The Morgan fingerprint density at radius 1 is 0.552 bits per heavy atom. The Hall–Kier alpha value is -3.12. The van der Waals surface area contributed by atoms with E-state index in [9.17, 15) is 0 Å². The third-order valence-electron chi connectivity index (χ3n) is 6.47. The van der Waals surface area contributed by atoms with Crippen molar-refractivity contribution < 1.29 is 0 Å². The lowest BCUT2D eigenvalue weighted by Gasteiger charge is -2.14. The third-order valence-corrected chi connectivity index (χ3v) is 6.47. The van der Waals surface area contributed by atoms with Crippen LogP contribution < -0.4 is 0 Å². The monoisotopic (exact) mass is 374 g/mol. The van der Waals surface area contributed by atoms with Crippen LogP contribution in [0.15, 0.2) is 84.9 Å². The van der Waals surface area contributed by atoms with Gasteiger partial charge in [0, 0.05) is 5.92 Å². The maximum absolute atomic E-state index is 2.40. The minimum Gasteiger partial charge on any atom is -0.0645 e. The van der Waals surface area contributed by atoms with Crippen LogP contribution >= 0.6 is 0 Å². The molecule has 1 aliphatic rings. The van der Waals surface area contributed by atoms with E-state index in [2.05, 4.69) is 106 Å². The zero-order valence-corrected chi connectivity index (χ0v) is 17.4. The topological polar surface area (TPSA) is 0 Å². The quantitative estimate of drug-likeness (QED) is 0.339. The molecular formula is C29H26. The summed E-state index contributed by atoms with van der Waals surface area (Å²) in [5, 5.41) is 0. The molecule has 1 aliphatic carbocycles. The summed E-state index contributed by atoms with van der Waals surface area (Å²) in [6, 6.07) is 31.5. The minimum atomic E-state index is 0.524. The molecule has 0 fully saturated rings. The van der Waals surface area contributed by atoms with Crippen LogP contribution in [0.4, 0.5) is 0 Å². The zero-order chi connectivity index (χ0) is 20.0. The van der Waals surface area contributed by atoms with E-state index >= 15 is 0 Å². The summed E-state index contributed by atoms with van der Waals surface area (Å²) in [5.41, 5.74) is 13.6. The first-order valence-corrected chi connectivity index (χ1v) is 10.6. The van der Waals surface area contributed by atoms with Crippen molar-refractivity contribution in [2.75, 3.05) is 0 Å². The zero-order valence-electron chi connectivity index (χ0n) is 17.4. The maximum Gasteiger partial charge on any atom is 0.00990 e. The van der Waals surface area contributed by atoms with Gasteiger partial charge in [0.05, 0.1) is 0 Å². The molecule has 0 aromatic heterocycles. The van der Waals surface area contributed by atoms with E-state index in [4.69, 9.17) is 0 Å². The Morgan fingerprint density at radius 3 is 1.90 bits per heavy atom. The molecule has 0 amide bonds. The first-order chi connectivity index (χ1) is 14.2. The fraction of sp³-hybridized carbons (Fsp3) is 0.172. The Kier molecular flexibility index (Phi) is 4.36. The molecule has 0 spiro atoms. The average Bonchev–Trinajstić information content (AvgIpc) is 3.08. The number of hydrogen-bond acceptors (Lipinski definition) is 0. The van der Waals surface area contributed by atoms with Crippen LogP contribution in [0.25, 0.3) is 33.4 Å². The summed E-state index contributed by atoms with van der Waals surface area (Å²) in [6.07, 6.45) is 1.14. The van der Waals surface area contributed by atoms with Crippen LogP contribution in [-0.2, 0) is 0 Å². The van der Waals surface area contributed by atoms with Crippen molar-refractivity contribution in [1.29, 1.82) is 0 Å². The van der Waals surface area contributed by atoms with Crippen molar-refractivity contribution in [2.24, 2.45) is 0 Å². The summed E-state index contributed by atoms with van der Waals surface area (Å²) in [7, 11) is 0. The van der Waals surface area contributed by atoms with Gasteiger partial charge in [0.15, 0.2) is 0 Å². The summed E-state index contributed by atoms with van der Waals surface area (Å²) in [4.78, 5) is 0. The van der Waals surface area contributed by atoms with E-state index in [1.807, 2.05) is 0 Å². The summed E-state index contributed by atoms with van der Waals surface area (Å²) >= 11 is 0. The SMILES string of the molecule is CCC1c2ccccc2-c2cc(-c3ccc(C)c(-c4ccccc4C)c3)ccc21. The largest absolute Gasteiger partial charge is 0.0645 e. The van der Waals surface area contributed by atoms with Gasteiger partial charge in [0.2, 0.25) is 0 Å². The molecule has 0 N–H and O–H groups in total. The Labute approximate surface area is 173 Å². The normalized spacial score (nSPS) is 14.5. The van der Waals surface area contributed by atoms with Gasteiger partial charge in [0.1, 0.15) is 0 Å². The van der Waals surface area contributed by atoms with Crippen LogP contribution in [0.2, 0.25) is 0 Å². The van der Waals surface area contributed by atoms with Gasteiger partial charge in [0.25, 0.3) is 0 Å². The number of benzene rings is 4. The van der Waals surface area contributed by atoms with Crippen molar-refractivity contribution in [3.8, 4) is 33.4 Å². The lowest BCUT2D eigenvalue weighted by Crippen LogP contribution is -1.94. The van der Waals surface area contributed by atoms with Crippen molar-refractivity contribution in [3.63, 3.8) is 0 Å². The number of fused-ring (bicyclic) bond motifs is 3. The van der Waals surface area contributed by atoms with Crippen molar-refractivity contribution in [1.82, 2.24) is 0 Å². The van der Waals surface area contributed by atoms with Crippen LogP contribution in [0.3, 0.4) is 0 Å². The first kappa shape index (κ1) is 17.9. The fourth-order valence-electron chi connectivity index (χ4n) is 4.89. The van der Waals surface area contributed by atoms with E-state index in [0.29, 0.717) is 5.92 Å². The highest BCUT2D eigenvalue weighted by atomic mass is 14.3. The van der Waals surface area contributed by atoms with Gasteiger partial charge in [-0.25, -0.2) is 0 Å². The number of rotatable bonds is 3. The molecule has 1 unspecified atom stereocenters. The van der Waals surface area contributed by atoms with Gasteiger partial charge in [-0.3, -0.25) is 0 Å². The molecule has 142 valence electrons. The molecule has 4 aromatic rings. The minimum absolute atomic E-state index is 0.524. The Morgan fingerprint density at radius 2 is 1.14 bits per heavy atom. The molecule has 1 atom stereocenters. The molecule has 29 heavy (non-hydrogen) atoms. The molecular weight excluding hydrogens is 348 g/mol. The summed E-state index contributed by atoms with van der Waals surface area (Å²) < 4.78 is 0. The highest BCUT2D eigenvalue weighted by Gasteiger charge is 2.27. The summed E-state index contributed by atoms with van der Waals surface area (Å²) in [6.45, 7) is 6.69. The molecule has 0 saturated carbocycles. The van der Waals surface area contributed by atoms with Gasteiger partial charge < -0.3 is 0 Å². The first-order valence-electron chi connectivity index (χ1n) is 10.6. The highest BCUT2D eigenvalue weighted by Crippen LogP contribution is 2.47. The van der Waals surface area contributed by atoms with Crippen LogP contribution in [0, 0.1) is 13.8 Å². The van der Waals surface area contributed by atoms with Crippen LogP contribution in [-0.4, -0.2) is 0 Å². The maximum atomic E-state index is 2.40. The predicted molar refractivity (Wildman–Crippen MR) is 124 cm³/mol. The molecule has 0 heteroatoms. The van der Waals surface area contributed by atoms with Crippen molar-refractivity contribution in [3.05, 3.63) is 107 Å². The van der Waals surface area contributed by atoms with Gasteiger partial charge in [-0.15, -0.1) is 0 Å². The Bertz CT molecular complexity index is 1210. The number of hydrogen-bond donors (Lipinski definition) is 0. The molecule has 4 aromatic carbocycles. The van der Waals surface area contributed by atoms with Gasteiger partial charge >= 0.3 is 0 Å². The van der Waals surface area contributed by atoms with Crippen molar-refractivity contribution >= 4 is 0 Å². The van der Waals surface area contributed by atoms with Gasteiger partial charge in [-0.05, 0) is 88.0 Å². The van der Waals surface area contributed by atoms with Gasteiger partial charge in [-0.2, -0.15) is 0 Å². The van der Waals surface area contributed by atoms with E-state index in [1.54, 1.807) is 0 Å². The molecule has 0 radical (unpaired) electrons. The number of aryl methyl sites for hydroxylation is 2. The van der Waals surface area contributed by atoms with Crippen LogP contribution in [0.1, 0.15) is 41.5 Å².